The summed E-state index contributed by atoms with van der Waals surface area (Å²) in [6.45, 7) is 7.21. The van der Waals surface area contributed by atoms with Gasteiger partial charge in [0, 0.05) is 18.1 Å². The Kier molecular flexibility index (Phi) is 7.37. The molecule has 1 aliphatic carbocycles. The Hall–Kier alpha value is -0.0800. The van der Waals surface area contributed by atoms with Crippen LogP contribution in [-0.2, 0) is 0 Å². The zero-order chi connectivity index (χ0) is 14.2. The molecule has 2 fully saturated rings. The van der Waals surface area contributed by atoms with Crippen LogP contribution >= 0.6 is 0 Å². The lowest BCUT2D eigenvalue weighted by molar-refractivity contribution is 0.0624. The van der Waals surface area contributed by atoms with E-state index in [1.165, 1.54) is 83.7 Å². The molecule has 1 aliphatic heterocycles. The molecule has 1 heterocycles. The van der Waals surface area contributed by atoms with E-state index in [2.05, 4.69) is 24.1 Å². The lowest BCUT2D eigenvalue weighted by atomic mass is 9.92. The lowest BCUT2D eigenvalue weighted by Gasteiger charge is -2.44. The van der Waals surface area contributed by atoms with Gasteiger partial charge in [-0.15, -0.1) is 0 Å². The summed E-state index contributed by atoms with van der Waals surface area (Å²) >= 11 is 0. The van der Waals surface area contributed by atoms with Crippen molar-refractivity contribution in [2.45, 2.75) is 103 Å². The minimum absolute atomic E-state index is 0.759. The van der Waals surface area contributed by atoms with E-state index in [9.17, 15) is 0 Å². The zero-order valence-corrected chi connectivity index (χ0v) is 13.9. The summed E-state index contributed by atoms with van der Waals surface area (Å²) in [4.78, 5) is 2.92. The van der Waals surface area contributed by atoms with Crippen molar-refractivity contribution in [3.63, 3.8) is 0 Å². The fraction of sp³-hybridized carbons (Fsp3) is 1.00. The van der Waals surface area contributed by atoms with Gasteiger partial charge in [0.15, 0.2) is 0 Å². The highest BCUT2D eigenvalue weighted by Crippen LogP contribution is 2.30. The molecule has 1 N–H and O–H groups in total. The number of hydrogen-bond acceptors (Lipinski definition) is 2. The molecule has 0 aromatic rings. The van der Waals surface area contributed by atoms with Crippen molar-refractivity contribution in [3.8, 4) is 0 Å². The van der Waals surface area contributed by atoms with E-state index in [-0.39, 0.29) is 0 Å². The van der Waals surface area contributed by atoms with E-state index in [0.717, 1.165) is 18.1 Å². The van der Waals surface area contributed by atoms with Crippen LogP contribution in [0.15, 0.2) is 0 Å². The van der Waals surface area contributed by atoms with Gasteiger partial charge in [-0.05, 0) is 51.6 Å². The summed E-state index contributed by atoms with van der Waals surface area (Å²) in [5.41, 5.74) is 0. The van der Waals surface area contributed by atoms with Gasteiger partial charge in [-0.3, -0.25) is 4.90 Å². The summed E-state index contributed by atoms with van der Waals surface area (Å²) in [5.74, 6) is 0. The van der Waals surface area contributed by atoms with Gasteiger partial charge in [0.25, 0.3) is 0 Å². The van der Waals surface area contributed by atoms with Crippen molar-refractivity contribution in [1.29, 1.82) is 0 Å². The Morgan fingerprint density at radius 2 is 1.70 bits per heavy atom. The van der Waals surface area contributed by atoms with Crippen LogP contribution in [0.1, 0.15) is 84.5 Å². The van der Waals surface area contributed by atoms with Gasteiger partial charge in [-0.25, -0.2) is 0 Å². The summed E-state index contributed by atoms with van der Waals surface area (Å²) in [7, 11) is 0. The van der Waals surface area contributed by atoms with Crippen LogP contribution in [0.3, 0.4) is 0 Å². The van der Waals surface area contributed by atoms with Gasteiger partial charge >= 0.3 is 0 Å². The molecular weight excluding hydrogens is 244 g/mol. The first-order chi connectivity index (χ1) is 9.86. The first kappa shape index (κ1) is 16.3. The SMILES string of the molecule is CCCNC1CCCCCC1N1CCCCC1CCC. The van der Waals surface area contributed by atoms with E-state index >= 15 is 0 Å². The average molecular weight is 280 g/mol. The van der Waals surface area contributed by atoms with Crippen molar-refractivity contribution in [3.05, 3.63) is 0 Å². The molecule has 2 heteroatoms. The second-order valence-electron chi connectivity index (χ2n) is 6.94. The number of rotatable bonds is 6. The number of likely N-dealkylation sites (tertiary alicyclic amines) is 1. The highest BCUT2D eigenvalue weighted by Gasteiger charge is 2.33. The smallest absolute Gasteiger partial charge is 0.0252 e. The van der Waals surface area contributed by atoms with Gasteiger partial charge in [0.2, 0.25) is 0 Å². The van der Waals surface area contributed by atoms with Gasteiger partial charge in [-0.2, -0.15) is 0 Å². The van der Waals surface area contributed by atoms with Crippen LogP contribution in [0.4, 0.5) is 0 Å². The molecule has 0 aromatic heterocycles. The largest absolute Gasteiger partial charge is 0.312 e. The minimum atomic E-state index is 0.759. The van der Waals surface area contributed by atoms with Crippen molar-refractivity contribution in [2.75, 3.05) is 13.1 Å². The van der Waals surface area contributed by atoms with Crippen molar-refractivity contribution >= 4 is 0 Å². The molecule has 3 atom stereocenters. The molecule has 0 aromatic carbocycles. The summed E-state index contributed by atoms with van der Waals surface area (Å²) in [5, 5.41) is 3.88. The quantitative estimate of drug-likeness (QED) is 0.728. The predicted octanol–water partition coefficient (Wildman–Crippen LogP) is 4.34. The summed E-state index contributed by atoms with van der Waals surface area (Å²) < 4.78 is 0. The Morgan fingerprint density at radius 1 is 0.900 bits per heavy atom. The number of hydrogen-bond donors (Lipinski definition) is 1. The van der Waals surface area contributed by atoms with Gasteiger partial charge in [0.1, 0.15) is 0 Å². The first-order valence-electron chi connectivity index (χ1n) is 9.36. The first-order valence-corrected chi connectivity index (χ1v) is 9.36. The van der Waals surface area contributed by atoms with Crippen LogP contribution in [0, 0.1) is 0 Å². The van der Waals surface area contributed by atoms with Crippen LogP contribution in [-0.4, -0.2) is 36.1 Å². The minimum Gasteiger partial charge on any atom is -0.312 e. The van der Waals surface area contributed by atoms with Crippen LogP contribution < -0.4 is 5.32 Å². The lowest BCUT2D eigenvalue weighted by Crippen LogP contribution is -2.55. The van der Waals surface area contributed by atoms with E-state index in [4.69, 9.17) is 0 Å². The molecule has 0 bridgehead atoms. The topological polar surface area (TPSA) is 15.3 Å². The van der Waals surface area contributed by atoms with Gasteiger partial charge in [-0.1, -0.05) is 46.0 Å². The molecule has 1 saturated heterocycles. The molecule has 2 rings (SSSR count). The van der Waals surface area contributed by atoms with E-state index < -0.39 is 0 Å². The average Bonchev–Trinajstić information content (AvgIpc) is 2.71. The normalized spacial score (nSPS) is 33.0. The Balaban J connectivity index is 2.02. The Morgan fingerprint density at radius 3 is 2.50 bits per heavy atom. The van der Waals surface area contributed by atoms with E-state index in [1.54, 1.807) is 0 Å². The van der Waals surface area contributed by atoms with Crippen LogP contribution in [0.25, 0.3) is 0 Å². The maximum absolute atomic E-state index is 3.88. The third-order valence-electron chi connectivity index (χ3n) is 5.36. The monoisotopic (exact) mass is 280 g/mol. The van der Waals surface area contributed by atoms with Crippen molar-refractivity contribution < 1.29 is 0 Å². The van der Waals surface area contributed by atoms with Crippen LogP contribution in [0.2, 0.25) is 0 Å². The highest BCUT2D eigenvalue weighted by molar-refractivity contribution is 4.91. The van der Waals surface area contributed by atoms with Gasteiger partial charge in [0.05, 0.1) is 0 Å². The standard InChI is InChI=1S/C18H36N2/c1-3-10-16-11-8-9-15-20(16)18-13-7-5-6-12-17(18)19-14-4-2/h16-19H,3-15H2,1-2H3. The van der Waals surface area contributed by atoms with Crippen molar-refractivity contribution in [2.24, 2.45) is 0 Å². The fourth-order valence-corrected chi connectivity index (χ4v) is 4.36. The highest BCUT2D eigenvalue weighted by atomic mass is 15.2. The maximum atomic E-state index is 3.88. The maximum Gasteiger partial charge on any atom is 0.0252 e. The molecule has 20 heavy (non-hydrogen) atoms. The molecule has 118 valence electrons. The third-order valence-corrected chi connectivity index (χ3v) is 5.36. The number of piperidine rings is 1. The fourth-order valence-electron chi connectivity index (χ4n) is 4.36. The number of nitrogens with zero attached hydrogens (tertiary/aromatic N) is 1. The molecular formula is C18H36N2. The van der Waals surface area contributed by atoms with E-state index in [1.807, 2.05) is 0 Å². The Labute approximate surface area is 126 Å². The summed E-state index contributed by atoms with van der Waals surface area (Å²) in [6.07, 6.45) is 15.5. The van der Waals surface area contributed by atoms with Gasteiger partial charge < -0.3 is 5.32 Å². The number of nitrogens with one attached hydrogen (secondary N) is 1. The Bertz CT molecular complexity index is 252. The molecule has 3 unspecified atom stereocenters. The zero-order valence-electron chi connectivity index (χ0n) is 13.9. The third kappa shape index (κ3) is 4.46. The predicted molar refractivity (Wildman–Crippen MR) is 88.2 cm³/mol. The molecule has 2 nitrogen and oxygen atoms in total. The molecule has 2 aliphatic rings. The second kappa shape index (κ2) is 9.04. The second-order valence-corrected chi connectivity index (χ2v) is 6.94. The van der Waals surface area contributed by atoms with Crippen molar-refractivity contribution in [1.82, 2.24) is 10.2 Å². The van der Waals surface area contributed by atoms with E-state index in [0.29, 0.717) is 0 Å². The van der Waals surface area contributed by atoms with Crippen LogP contribution in [0.5, 0.6) is 0 Å². The molecule has 1 saturated carbocycles. The molecule has 0 radical (unpaired) electrons. The summed E-state index contributed by atoms with van der Waals surface area (Å²) in [6, 6.07) is 2.46. The molecule has 0 spiro atoms. The molecule has 0 amide bonds.